The predicted molar refractivity (Wildman–Crippen MR) is 104 cm³/mol. The van der Waals surface area contributed by atoms with Crippen molar-refractivity contribution in [3.05, 3.63) is 72.1 Å². The van der Waals surface area contributed by atoms with Crippen molar-refractivity contribution in [2.45, 2.75) is 19.4 Å². The van der Waals surface area contributed by atoms with Gasteiger partial charge in [-0.25, -0.2) is 4.98 Å². The highest BCUT2D eigenvalue weighted by Crippen LogP contribution is 2.20. The maximum atomic E-state index is 12.7. The van der Waals surface area contributed by atoms with E-state index in [1.807, 2.05) is 47.4 Å². The highest BCUT2D eigenvalue weighted by molar-refractivity contribution is 5.93. The molecule has 1 aromatic heterocycles. The summed E-state index contributed by atoms with van der Waals surface area (Å²) < 4.78 is 5.86. The van der Waals surface area contributed by atoms with Gasteiger partial charge in [0.25, 0.3) is 5.91 Å². The maximum Gasteiger partial charge on any atom is 0.274 e. The number of rotatable bonds is 5. The topological polar surface area (TPSA) is 55.3 Å². The molecule has 0 N–H and O–H groups in total. The zero-order valence-corrected chi connectivity index (χ0v) is 15.3. The summed E-state index contributed by atoms with van der Waals surface area (Å²) in [4.78, 5) is 23.4. The fourth-order valence-electron chi connectivity index (χ4n) is 3.44. The molecular formula is C22H23N3O2. The monoisotopic (exact) mass is 361 g/mol. The molecule has 27 heavy (non-hydrogen) atoms. The first-order valence-corrected chi connectivity index (χ1v) is 9.42. The number of fused-ring (bicyclic) bond motifs is 1. The van der Waals surface area contributed by atoms with E-state index in [1.54, 1.807) is 6.20 Å². The van der Waals surface area contributed by atoms with Crippen LogP contribution in [0, 0.1) is 5.92 Å². The Hall–Kier alpha value is -2.79. The number of carbonyl (C=O) groups excluding carboxylic acids is 1. The number of hydrogen-bond acceptors (Lipinski definition) is 4. The molecule has 1 fully saturated rings. The van der Waals surface area contributed by atoms with Gasteiger partial charge in [0.05, 0.1) is 23.8 Å². The van der Waals surface area contributed by atoms with Gasteiger partial charge in [-0.3, -0.25) is 9.78 Å². The summed E-state index contributed by atoms with van der Waals surface area (Å²) in [7, 11) is 0. The van der Waals surface area contributed by atoms with Crippen LogP contribution < -0.4 is 0 Å². The predicted octanol–water partition coefficient (Wildman–Crippen LogP) is 3.70. The zero-order valence-electron chi connectivity index (χ0n) is 15.3. The van der Waals surface area contributed by atoms with Crippen molar-refractivity contribution in [2.24, 2.45) is 5.92 Å². The third-order valence-electron chi connectivity index (χ3n) is 5.03. The van der Waals surface area contributed by atoms with Gasteiger partial charge in [0.1, 0.15) is 5.69 Å². The van der Waals surface area contributed by atoms with Gasteiger partial charge in [0.2, 0.25) is 0 Å². The standard InChI is InChI=1S/C22H23N3O2/c26-22(21-14-23-19-8-4-5-9-20(19)24-21)25-12-10-18(11-13-25)16-27-15-17-6-2-1-3-7-17/h1-9,14,18H,10-13,15-16H2. The van der Waals surface area contributed by atoms with Crippen LogP contribution in [-0.4, -0.2) is 40.5 Å². The molecule has 0 unspecified atom stereocenters. The molecule has 4 rings (SSSR count). The lowest BCUT2D eigenvalue weighted by molar-refractivity contribution is 0.0475. The molecule has 0 bridgehead atoms. The lowest BCUT2D eigenvalue weighted by atomic mass is 9.97. The van der Waals surface area contributed by atoms with Gasteiger partial charge in [0.15, 0.2) is 0 Å². The Balaban J connectivity index is 1.28. The Morgan fingerprint density at radius 3 is 2.48 bits per heavy atom. The average molecular weight is 361 g/mol. The van der Waals surface area contributed by atoms with Crippen LogP contribution in [0.15, 0.2) is 60.8 Å². The smallest absolute Gasteiger partial charge is 0.274 e. The molecule has 2 heterocycles. The molecule has 5 heteroatoms. The molecule has 0 saturated carbocycles. The zero-order chi connectivity index (χ0) is 18.5. The van der Waals surface area contributed by atoms with Crippen LogP contribution in [0.25, 0.3) is 11.0 Å². The van der Waals surface area contributed by atoms with Crippen molar-refractivity contribution >= 4 is 16.9 Å². The van der Waals surface area contributed by atoms with Crippen LogP contribution in [-0.2, 0) is 11.3 Å². The number of benzene rings is 2. The number of aromatic nitrogens is 2. The molecule has 0 radical (unpaired) electrons. The van der Waals surface area contributed by atoms with Crippen LogP contribution in [0.4, 0.5) is 0 Å². The van der Waals surface area contributed by atoms with Gasteiger partial charge in [-0.15, -0.1) is 0 Å². The van der Waals surface area contributed by atoms with Crippen LogP contribution in [0.1, 0.15) is 28.9 Å². The average Bonchev–Trinajstić information content (AvgIpc) is 2.74. The Kier molecular flexibility index (Phi) is 5.39. The normalized spacial score (nSPS) is 15.2. The van der Waals surface area contributed by atoms with Crippen molar-refractivity contribution < 1.29 is 9.53 Å². The lowest BCUT2D eigenvalue weighted by Crippen LogP contribution is -2.39. The molecule has 138 valence electrons. The summed E-state index contributed by atoms with van der Waals surface area (Å²) in [5, 5.41) is 0. The van der Waals surface area contributed by atoms with Gasteiger partial charge in [-0.2, -0.15) is 0 Å². The minimum Gasteiger partial charge on any atom is -0.376 e. The molecule has 2 aromatic carbocycles. The van der Waals surface area contributed by atoms with Gasteiger partial charge < -0.3 is 9.64 Å². The van der Waals surface area contributed by atoms with E-state index in [9.17, 15) is 4.79 Å². The SMILES string of the molecule is O=C(c1cnc2ccccc2n1)N1CCC(COCc2ccccc2)CC1. The second-order valence-corrected chi connectivity index (χ2v) is 6.98. The van der Waals surface area contributed by atoms with E-state index in [-0.39, 0.29) is 5.91 Å². The van der Waals surface area contributed by atoms with Crippen molar-refractivity contribution in [3.63, 3.8) is 0 Å². The van der Waals surface area contributed by atoms with Crippen molar-refractivity contribution in [1.29, 1.82) is 0 Å². The summed E-state index contributed by atoms with van der Waals surface area (Å²) in [6.45, 7) is 2.87. The van der Waals surface area contributed by atoms with Gasteiger partial charge in [-0.1, -0.05) is 42.5 Å². The van der Waals surface area contributed by atoms with E-state index in [0.29, 0.717) is 18.2 Å². The Labute approximate surface area is 159 Å². The molecule has 1 saturated heterocycles. The molecule has 0 atom stereocenters. The number of hydrogen-bond donors (Lipinski definition) is 0. The summed E-state index contributed by atoms with van der Waals surface area (Å²) in [5.41, 5.74) is 3.18. The lowest BCUT2D eigenvalue weighted by Gasteiger charge is -2.31. The minimum absolute atomic E-state index is 0.0306. The summed E-state index contributed by atoms with van der Waals surface area (Å²) >= 11 is 0. The first-order valence-electron chi connectivity index (χ1n) is 9.42. The highest BCUT2D eigenvalue weighted by Gasteiger charge is 2.24. The molecular weight excluding hydrogens is 338 g/mol. The van der Waals surface area contributed by atoms with Gasteiger partial charge in [-0.05, 0) is 36.5 Å². The minimum atomic E-state index is -0.0306. The summed E-state index contributed by atoms with van der Waals surface area (Å²) in [6.07, 6.45) is 3.50. The fraction of sp³-hybridized carbons (Fsp3) is 0.318. The van der Waals surface area contributed by atoms with Crippen LogP contribution >= 0.6 is 0 Å². The van der Waals surface area contributed by atoms with Crippen molar-refractivity contribution in [1.82, 2.24) is 14.9 Å². The first-order chi connectivity index (χ1) is 13.3. The maximum absolute atomic E-state index is 12.7. The van der Waals surface area contributed by atoms with Crippen LogP contribution in [0.2, 0.25) is 0 Å². The Morgan fingerprint density at radius 2 is 1.70 bits per heavy atom. The van der Waals surface area contributed by atoms with Crippen LogP contribution in [0.5, 0.6) is 0 Å². The highest BCUT2D eigenvalue weighted by atomic mass is 16.5. The fourth-order valence-corrected chi connectivity index (χ4v) is 3.44. The van der Waals surface area contributed by atoms with E-state index in [1.165, 1.54) is 5.56 Å². The quantitative estimate of drug-likeness (QED) is 0.695. The van der Waals surface area contributed by atoms with E-state index < -0.39 is 0 Å². The molecule has 1 amide bonds. The molecule has 5 nitrogen and oxygen atoms in total. The van der Waals surface area contributed by atoms with Crippen molar-refractivity contribution in [2.75, 3.05) is 19.7 Å². The van der Waals surface area contributed by atoms with E-state index in [2.05, 4.69) is 22.1 Å². The Morgan fingerprint density at radius 1 is 1.00 bits per heavy atom. The number of para-hydroxylation sites is 2. The van der Waals surface area contributed by atoms with Crippen molar-refractivity contribution in [3.8, 4) is 0 Å². The second kappa shape index (κ2) is 8.27. The number of carbonyl (C=O) groups is 1. The Bertz CT molecular complexity index is 906. The summed E-state index contributed by atoms with van der Waals surface area (Å²) in [5.74, 6) is 0.470. The number of ether oxygens (including phenoxy) is 1. The van der Waals surface area contributed by atoms with Gasteiger partial charge in [0, 0.05) is 19.7 Å². The van der Waals surface area contributed by atoms with Crippen LogP contribution in [0.3, 0.4) is 0 Å². The number of nitrogens with zero attached hydrogens (tertiary/aromatic N) is 3. The molecule has 0 spiro atoms. The van der Waals surface area contributed by atoms with E-state index >= 15 is 0 Å². The molecule has 1 aliphatic rings. The molecule has 1 aliphatic heterocycles. The van der Waals surface area contributed by atoms with E-state index in [4.69, 9.17) is 4.74 Å². The van der Waals surface area contributed by atoms with Gasteiger partial charge >= 0.3 is 0 Å². The first kappa shape index (κ1) is 17.6. The number of amides is 1. The molecule has 0 aliphatic carbocycles. The third-order valence-corrected chi connectivity index (χ3v) is 5.03. The van der Waals surface area contributed by atoms with E-state index in [0.717, 1.165) is 43.6 Å². The largest absolute Gasteiger partial charge is 0.376 e. The number of piperidine rings is 1. The third kappa shape index (κ3) is 4.31. The second-order valence-electron chi connectivity index (χ2n) is 6.98. The molecule has 3 aromatic rings. The number of likely N-dealkylation sites (tertiary alicyclic amines) is 1. The summed E-state index contributed by atoms with van der Waals surface area (Å²) in [6, 6.07) is 17.8.